The predicted octanol–water partition coefficient (Wildman–Crippen LogP) is 13.1. The first-order chi connectivity index (χ1) is 32.2. The summed E-state index contributed by atoms with van der Waals surface area (Å²) in [6.07, 6.45) is 3.32. The summed E-state index contributed by atoms with van der Waals surface area (Å²) in [6.45, 7) is 2.29. The molecule has 0 radical (unpaired) electrons. The smallest absolute Gasteiger partial charge is 0.872 e. The summed E-state index contributed by atoms with van der Waals surface area (Å²) >= 11 is 0. The molecule has 0 N–H and O–H groups in total. The zero-order valence-electron chi connectivity index (χ0n) is 38.1. The minimum absolute atomic E-state index is 0. The van der Waals surface area contributed by atoms with Gasteiger partial charge in [-0.15, -0.1) is 0 Å². The summed E-state index contributed by atoms with van der Waals surface area (Å²) in [4.78, 5) is 13.3. The number of nitrogens with zero attached hydrogens (tertiary/aromatic N) is 4. The quantitative estimate of drug-likeness (QED) is 0.0821. The Morgan fingerprint density at radius 2 is 0.672 bits per heavy atom. The third-order valence-corrected chi connectivity index (χ3v) is 11.4. The maximum absolute atomic E-state index is 13.4. The van der Waals surface area contributed by atoms with Crippen molar-refractivity contribution in [2.75, 3.05) is 41.3 Å². The number of fused-ring (bicyclic) bond motifs is 4. The molecule has 0 atom stereocenters. The van der Waals surface area contributed by atoms with Crippen molar-refractivity contribution in [3.63, 3.8) is 0 Å². The molecule has 0 unspecified atom stereocenters. The predicted molar refractivity (Wildman–Crippen MR) is 277 cm³/mol. The topological polar surface area (TPSA) is 77.3 Å². The zero-order valence-corrected chi connectivity index (χ0v) is 39.1. The molecule has 334 valence electrons. The summed E-state index contributed by atoms with van der Waals surface area (Å²) in [6, 6.07) is 67.9. The van der Waals surface area contributed by atoms with Crippen LogP contribution in [-0.4, -0.2) is 63.5 Å². The third-order valence-electron chi connectivity index (χ3n) is 11.4. The van der Waals surface area contributed by atoms with Crippen molar-refractivity contribution in [1.29, 1.82) is 0 Å². The Morgan fingerprint density at radius 1 is 0.373 bits per heavy atom. The summed E-state index contributed by atoms with van der Waals surface area (Å²) in [5.41, 5.74) is 6.20. The van der Waals surface area contributed by atoms with Crippen LogP contribution in [0.15, 0.2) is 216 Å². The number of rotatable bonds is 9. The van der Waals surface area contributed by atoms with E-state index >= 15 is 0 Å². The molecule has 0 saturated carbocycles. The minimum Gasteiger partial charge on any atom is -0.872 e. The molecular formula is C60H52N4NiO2. The van der Waals surface area contributed by atoms with E-state index in [1.807, 2.05) is 146 Å². The van der Waals surface area contributed by atoms with Crippen LogP contribution in [0.5, 0.6) is 11.5 Å². The summed E-state index contributed by atoms with van der Waals surface area (Å²) in [7, 11) is 8.35. The van der Waals surface area contributed by atoms with E-state index < -0.39 is 0 Å². The molecule has 10 rings (SSSR count). The minimum atomic E-state index is -0.00585. The van der Waals surface area contributed by atoms with Crippen LogP contribution in [0, 0.1) is 0 Å². The van der Waals surface area contributed by atoms with Crippen molar-refractivity contribution < 1.29 is 26.7 Å². The SMILES string of the molecule is CN(C)CCN(C)C.[Ni+2].[O-]c1c(C=Nc2ccccc2)cccc1-c1c2ccccc2cc2ccccc12.[O-]c1c(C=Nc2ccccc2)cccc1-c1c2ccccc2cc2ccccc12. The van der Waals surface area contributed by atoms with Gasteiger partial charge >= 0.3 is 16.5 Å². The van der Waals surface area contributed by atoms with Crippen LogP contribution in [0.3, 0.4) is 0 Å². The molecule has 0 bridgehead atoms. The molecule has 0 saturated heterocycles. The Kier molecular flexibility index (Phi) is 16.1. The summed E-state index contributed by atoms with van der Waals surface area (Å²) in [5.74, 6) is -0.0117. The van der Waals surface area contributed by atoms with Gasteiger partial charge in [0.15, 0.2) is 0 Å². The van der Waals surface area contributed by atoms with Crippen molar-refractivity contribution >= 4 is 66.9 Å². The van der Waals surface area contributed by atoms with Gasteiger partial charge in [-0.1, -0.05) is 181 Å². The molecule has 6 nitrogen and oxygen atoms in total. The fraction of sp³-hybridized carbons (Fsp3) is 0.100. The summed E-state index contributed by atoms with van der Waals surface area (Å²) < 4.78 is 0. The Bertz CT molecular complexity index is 2970. The molecule has 0 amide bonds. The first kappa shape index (κ1) is 47.6. The number of likely N-dealkylation sites (N-methyl/N-ethyl adjacent to an activating group) is 2. The summed E-state index contributed by atoms with van der Waals surface area (Å²) in [5, 5.41) is 35.6. The largest absolute Gasteiger partial charge is 2.00 e. The Balaban J connectivity index is 0.000000169. The molecular weight excluding hydrogens is 867 g/mol. The second-order valence-corrected chi connectivity index (χ2v) is 16.6. The average Bonchev–Trinajstić information content (AvgIpc) is 3.35. The van der Waals surface area contributed by atoms with Crippen molar-refractivity contribution in [3.05, 3.63) is 217 Å². The molecule has 10 aromatic rings. The monoisotopic (exact) mass is 918 g/mol. The van der Waals surface area contributed by atoms with Gasteiger partial charge in [0.1, 0.15) is 0 Å². The van der Waals surface area contributed by atoms with Gasteiger partial charge in [-0.2, -0.15) is 0 Å². The third kappa shape index (κ3) is 11.5. The van der Waals surface area contributed by atoms with Crippen LogP contribution in [0.4, 0.5) is 11.4 Å². The standard InChI is InChI=1S/2C27H19NO.C6H16N2.Ni/c2*29-27-21(18-28-22-12-2-1-3-13-22)11-8-16-25(27)26-23-14-6-4-9-19(23)17-20-10-5-7-15-24(20)26;1-7(2)5-6-8(3)4;/h2*1-18,29H;5-6H2,1-4H3;/q;;;+2/p-2. The van der Waals surface area contributed by atoms with Crippen LogP contribution >= 0.6 is 0 Å². The molecule has 0 spiro atoms. The number of para-hydroxylation sites is 4. The van der Waals surface area contributed by atoms with Gasteiger partial charge in [0.2, 0.25) is 0 Å². The molecule has 0 fully saturated rings. The van der Waals surface area contributed by atoms with E-state index in [-0.39, 0.29) is 28.0 Å². The normalized spacial score (nSPS) is 11.3. The number of benzene rings is 10. The van der Waals surface area contributed by atoms with Crippen molar-refractivity contribution in [2.45, 2.75) is 0 Å². The van der Waals surface area contributed by atoms with E-state index in [0.717, 1.165) is 78.7 Å². The van der Waals surface area contributed by atoms with Crippen molar-refractivity contribution in [2.24, 2.45) is 9.98 Å². The molecule has 0 heterocycles. The molecule has 0 aliphatic carbocycles. The van der Waals surface area contributed by atoms with Crippen LogP contribution in [0.2, 0.25) is 0 Å². The van der Waals surface area contributed by atoms with Crippen molar-refractivity contribution in [3.8, 4) is 33.8 Å². The molecule has 0 aromatic heterocycles. The van der Waals surface area contributed by atoms with E-state index in [1.54, 1.807) is 12.4 Å². The molecule has 10 aromatic carbocycles. The van der Waals surface area contributed by atoms with Gasteiger partial charge in [0, 0.05) is 25.5 Å². The molecule has 0 aliphatic rings. The van der Waals surface area contributed by atoms with Gasteiger partial charge < -0.3 is 20.0 Å². The molecule has 67 heavy (non-hydrogen) atoms. The van der Waals surface area contributed by atoms with Gasteiger partial charge in [0.25, 0.3) is 0 Å². The van der Waals surface area contributed by atoms with Gasteiger partial charge in [0.05, 0.1) is 11.4 Å². The van der Waals surface area contributed by atoms with E-state index in [4.69, 9.17) is 0 Å². The van der Waals surface area contributed by atoms with Gasteiger partial charge in [-0.25, -0.2) is 0 Å². The Hall–Kier alpha value is -7.41. The maximum atomic E-state index is 13.4. The second kappa shape index (κ2) is 22.7. The maximum Gasteiger partial charge on any atom is 2.00 e. The second-order valence-electron chi connectivity index (χ2n) is 16.6. The average molecular weight is 920 g/mol. The zero-order chi connectivity index (χ0) is 45.8. The van der Waals surface area contributed by atoms with E-state index in [0.29, 0.717) is 22.3 Å². The van der Waals surface area contributed by atoms with Crippen LogP contribution < -0.4 is 10.2 Å². The first-order valence-corrected chi connectivity index (χ1v) is 22.1. The van der Waals surface area contributed by atoms with Gasteiger partial charge in [-0.3, -0.25) is 9.98 Å². The van der Waals surface area contributed by atoms with Gasteiger partial charge in [-0.05, 0) is 141 Å². The van der Waals surface area contributed by atoms with E-state index in [9.17, 15) is 10.2 Å². The number of hydrogen-bond donors (Lipinski definition) is 0. The van der Waals surface area contributed by atoms with Crippen LogP contribution in [0.1, 0.15) is 11.1 Å². The fourth-order valence-electron chi connectivity index (χ4n) is 8.03. The fourth-order valence-corrected chi connectivity index (χ4v) is 8.03. The van der Waals surface area contributed by atoms with Crippen molar-refractivity contribution in [1.82, 2.24) is 9.80 Å². The number of hydrogen-bond acceptors (Lipinski definition) is 6. The van der Waals surface area contributed by atoms with Crippen LogP contribution in [0.25, 0.3) is 65.3 Å². The Labute approximate surface area is 403 Å². The molecule has 0 aliphatic heterocycles. The molecule has 7 heteroatoms. The number of aliphatic imine (C=N–C) groups is 2. The van der Waals surface area contributed by atoms with E-state index in [2.05, 4.69) is 109 Å². The van der Waals surface area contributed by atoms with Crippen LogP contribution in [-0.2, 0) is 16.5 Å². The first-order valence-electron chi connectivity index (χ1n) is 22.1. The Morgan fingerprint density at radius 3 is 0.985 bits per heavy atom. The van der Waals surface area contributed by atoms with E-state index in [1.165, 1.54) is 0 Å².